The SMILES string of the molecule is CN(c1ccccc1)c1cc(Cl)ncn1. The van der Waals surface area contributed by atoms with Crippen LogP contribution in [-0.4, -0.2) is 17.0 Å². The lowest BCUT2D eigenvalue weighted by atomic mass is 10.3. The first kappa shape index (κ1) is 9.93. The normalized spacial score (nSPS) is 10.0. The number of benzene rings is 1. The lowest BCUT2D eigenvalue weighted by Crippen LogP contribution is -2.10. The lowest BCUT2D eigenvalue weighted by Gasteiger charge is -2.17. The molecule has 2 aromatic rings. The predicted molar refractivity (Wildman–Crippen MR) is 61.5 cm³/mol. The van der Waals surface area contributed by atoms with E-state index >= 15 is 0 Å². The first-order valence-corrected chi connectivity index (χ1v) is 4.91. The van der Waals surface area contributed by atoms with Gasteiger partial charge < -0.3 is 4.90 Å². The molecule has 76 valence electrons. The van der Waals surface area contributed by atoms with Crippen LogP contribution in [0.5, 0.6) is 0 Å². The number of halogens is 1. The van der Waals surface area contributed by atoms with E-state index in [1.807, 2.05) is 42.3 Å². The van der Waals surface area contributed by atoms with Gasteiger partial charge in [0.15, 0.2) is 0 Å². The van der Waals surface area contributed by atoms with Gasteiger partial charge in [-0.05, 0) is 12.1 Å². The zero-order valence-electron chi connectivity index (χ0n) is 8.26. The average molecular weight is 220 g/mol. The highest BCUT2D eigenvalue weighted by atomic mass is 35.5. The minimum atomic E-state index is 0.447. The fourth-order valence-corrected chi connectivity index (χ4v) is 1.43. The van der Waals surface area contributed by atoms with Crippen molar-refractivity contribution in [3.8, 4) is 0 Å². The summed E-state index contributed by atoms with van der Waals surface area (Å²) in [5, 5.41) is 0.447. The number of aromatic nitrogens is 2. The molecule has 3 nitrogen and oxygen atoms in total. The van der Waals surface area contributed by atoms with Crippen LogP contribution in [0.1, 0.15) is 0 Å². The van der Waals surface area contributed by atoms with Gasteiger partial charge in [0.25, 0.3) is 0 Å². The van der Waals surface area contributed by atoms with E-state index in [-0.39, 0.29) is 0 Å². The highest BCUT2D eigenvalue weighted by Gasteiger charge is 2.04. The van der Waals surface area contributed by atoms with Gasteiger partial charge in [-0.15, -0.1) is 0 Å². The molecule has 0 N–H and O–H groups in total. The van der Waals surface area contributed by atoms with Crippen LogP contribution in [0.25, 0.3) is 0 Å². The molecule has 1 heterocycles. The molecule has 0 radical (unpaired) electrons. The van der Waals surface area contributed by atoms with Crippen LogP contribution in [-0.2, 0) is 0 Å². The second kappa shape index (κ2) is 4.28. The quantitative estimate of drug-likeness (QED) is 0.728. The molecule has 2 rings (SSSR count). The molecule has 0 bridgehead atoms. The first-order chi connectivity index (χ1) is 7.27. The van der Waals surface area contributed by atoms with Gasteiger partial charge in [0, 0.05) is 18.8 Å². The Morgan fingerprint density at radius 1 is 1.13 bits per heavy atom. The third kappa shape index (κ3) is 2.25. The third-order valence-corrected chi connectivity index (χ3v) is 2.31. The fraction of sp³-hybridized carbons (Fsp3) is 0.0909. The molecule has 15 heavy (non-hydrogen) atoms. The van der Waals surface area contributed by atoms with E-state index in [1.165, 1.54) is 6.33 Å². The number of hydrogen-bond acceptors (Lipinski definition) is 3. The Labute approximate surface area is 93.4 Å². The van der Waals surface area contributed by atoms with E-state index in [0.717, 1.165) is 11.5 Å². The smallest absolute Gasteiger partial charge is 0.137 e. The summed E-state index contributed by atoms with van der Waals surface area (Å²) >= 11 is 5.80. The van der Waals surface area contributed by atoms with Crippen LogP contribution in [0.15, 0.2) is 42.7 Å². The molecule has 1 aromatic carbocycles. The first-order valence-electron chi connectivity index (χ1n) is 4.54. The van der Waals surface area contributed by atoms with Gasteiger partial charge >= 0.3 is 0 Å². The van der Waals surface area contributed by atoms with Gasteiger partial charge in [-0.3, -0.25) is 0 Å². The minimum Gasteiger partial charge on any atom is -0.329 e. The zero-order chi connectivity index (χ0) is 10.7. The summed E-state index contributed by atoms with van der Waals surface area (Å²) in [5.41, 5.74) is 1.06. The number of anilines is 2. The largest absolute Gasteiger partial charge is 0.329 e. The molecule has 0 aliphatic carbocycles. The second-order valence-electron chi connectivity index (χ2n) is 3.09. The topological polar surface area (TPSA) is 29.0 Å². The molecule has 0 amide bonds. The molecular formula is C11H10ClN3. The molecular weight excluding hydrogens is 210 g/mol. The maximum Gasteiger partial charge on any atom is 0.137 e. The van der Waals surface area contributed by atoms with Crippen molar-refractivity contribution in [3.63, 3.8) is 0 Å². The summed E-state index contributed by atoms with van der Waals surface area (Å²) < 4.78 is 0. The van der Waals surface area contributed by atoms with Crippen LogP contribution in [0.2, 0.25) is 5.15 Å². The maximum atomic E-state index is 5.80. The molecule has 0 spiro atoms. The summed E-state index contributed by atoms with van der Waals surface area (Å²) in [7, 11) is 1.94. The molecule has 0 unspecified atom stereocenters. The van der Waals surface area contributed by atoms with Gasteiger partial charge in [-0.1, -0.05) is 29.8 Å². The maximum absolute atomic E-state index is 5.80. The number of hydrogen-bond donors (Lipinski definition) is 0. The van der Waals surface area contributed by atoms with Crippen molar-refractivity contribution in [3.05, 3.63) is 47.9 Å². The minimum absolute atomic E-state index is 0.447. The van der Waals surface area contributed by atoms with Crippen molar-refractivity contribution < 1.29 is 0 Å². The van der Waals surface area contributed by atoms with Crippen molar-refractivity contribution in [2.24, 2.45) is 0 Å². The van der Waals surface area contributed by atoms with E-state index in [9.17, 15) is 0 Å². The van der Waals surface area contributed by atoms with Crippen molar-refractivity contribution in [2.45, 2.75) is 0 Å². The van der Waals surface area contributed by atoms with Crippen LogP contribution in [0, 0.1) is 0 Å². The van der Waals surface area contributed by atoms with Gasteiger partial charge in [-0.2, -0.15) is 0 Å². The van der Waals surface area contributed by atoms with E-state index in [4.69, 9.17) is 11.6 Å². The Balaban J connectivity index is 2.32. The molecule has 0 saturated carbocycles. The summed E-state index contributed by atoms with van der Waals surface area (Å²) in [5.74, 6) is 0.779. The molecule has 0 atom stereocenters. The Morgan fingerprint density at radius 3 is 2.53 bits per heavy atom. The summed E-state index contributed by atoms with van der Waals surface area (Å²) in [4.78, 5) is 9.94. The molecule has 1 aromatic heterocycles. The van der Waals surface area contributed by atoms with Crippen molar-refractivity contribution in [1.29, 1.82) is 0 Å². The van der Waals surface area contributed by atoms with Crippen molar-refractivity contribution >= 4 is 23.1 Å². The fourth-order valence-electron chi connectivity index (χ4n) is 1.29. The van der Waals surface area contributed by atoms with Gasteiger partial charge in [0.1, 0.15) is 17.3 Å². The van der Waals surface area contributed by atoms with Gasteiger partial charge in [-0.25, -0.2) is 9.97 Å². The van der Waals surface area contributed by atoms with E-state index in [1.54, 1.807) is 6.07 Å². The number of nitrogens with zero attached hydrogens (tertiary/aromatic N) is 3. The standard InChI is InChI=1S/C11H10ClN3/c1-15(9-5-3-2-4-6-9)11-7-10(12)13-8-14-11/h2-8H,1H3. The Morgan fingerprint density at radius 2 is 1.87 bits per heavy atom. The third-order valence-electron chi connectivity index (χ3n) is 2.11. The number of rotatable bonds is 2. The highest BCUT2D eigenvalue weighted by Crippen LogP contribution is 2.21. The molecule has 0 aliphatic heterocycles. The van der Waals surface area contributed by atoms with E-state index in [0.29, 0.717) is 5.15 Å². The van der Waals surface area contributed by atoms with Crippen molar-refractivity contribution in [1.82, 2.24) is 9.97 Å². The second-order valence-corrected chi connectivity index (χ2v) is 3.48. The average Bonchev–Trinajstić information content (AvgIpc) is 2.29. The highest BCUT2D eigenvalue weighted by molar-refractivity contribution is 6.29. The van der Waals surface area contributed by atoms with E-state index < -0.39 is 0 Å². The summed E-state index contributed by atoms with van der Waals surface area (Å²) in [6.45, 7) is 0. The van der Waals surface area contributed by atoms with Crippen LogP contribution in [0.3, 0.4) is 0 Å². The zero-order valence-corrected chi connectivity index (χ0v) is 9.02. The molecule has 4 heteroatoms. The Kier molecular flexibility index (Phi) is 2.83. The monoisotopic (exact) mass is 219 g/mol. The van der Waals surface area contributed by atoms with Crippen LogP contribution < -0.4 is 4.90 Å². The van der Waals surface area contributed by atoms with Gasteiger partial charge in [0.2, 0.25) is 0 Å². The Bertz CT molecular complexity index is 445. The van der Waals surface area contributed by atoms with Crippen LogP contribution >= 0.6 is 11.6 Å². The molecule has 0 saturated heterocycles. The summed E-state index contributed by atoms with van der Waals surface area (Å²) in [6.07, 6.45) is 1.46. The summed E-state index contributed by atoms with van der Waals surface area (Å²) in [6, 6.07) is 11.7. The molecule has 0 fully saturated rings. The molecule has 0 aliphatic rings. The van der Waals surface area contributed by atoms with E-state index in [2.05, 4.69) is 9.97 Å². The van der Waals surface area contributed by atoms with Crippen LogP contribution in [0.4, 0.5) is 11.5 Å². The predicted octanol–water partition coefficient (Wildman–Crippen LogP) is 2.90. The van der Waals surface area contributed by atoms with Crippen molar-refractivity contribution in [2.75, 3.05) is 11.9 Å². The van der Waals surface area contributed by atoms with Gasteiger partial charge in [0.05, 0.1) is 0 Å². The number of para-hydroxylation sites is 1. The Hall–Kier alpha value is -1.61. The lowest BCUT2D eigenvalue weighted by molar-refractivity contribution is 1.08.